The van der Waals surface area contributed by atoms with E-state index in [4.69, 9.17) is 5.73 Å². The summed E-state index contributed by atoms with van der Waals surface area (Å²) >= 11 is 0. The van der Waals surface area contributed by atoms with Crippen LogP contribution in [0.4, 0.5) is 0 Å². The van der Waals surface area contributed by atoms with Crippen LogP contribution in [0.2, 0.25) is 0 Å². The molecule has 124 valence electrons. The van der Waals surface area contributed by atoms with Crippen molar-refractivity contribution in [2.75, 3.05) is 13.6 Å². The highest BCUT2D eigenvalue weighted by Crippen LogP contribution is 2.39. The second-order valence-electron chi connectivity index (χ2n) is 8.04. The van der Waals surface area contributed by atoms with Crippen molar-refractivity contribution in [3.8, 4) is 0 Å². The van der Waals surface area contributed by atoms with Gasteiger partial charge in [-0.1, -0.05) is 39.5 Å². The van der Waals surface area contributed by atoms with Crippen molar-refractivity contribution in [1.29, 1.82) is 0 Å². The Hall–Kier alpha value is -0.0800. The van der Waals surface area contributed by atoms with Crippen LogP contribution in [0.1, 0.15) is 84.5 Å². The second kappa shape index (κ2) is 7.97. The monoisotopic (exact) mass is 294 g/mol. The minimum Gasteiger partial charge on any atom is -0.329 e. The molecule has 2 aliphatic rings. The first kappa shape index (κ1) is 17.3. The van der Waals surface area contributed by atoms with Gasteiger partial charge in [-0.15, -0.1) is 0 Å². The molecule has 0 saturated heterocycles. The highest BCUT2D eigenvalue weighted by Gasteiger charge is 2.39. The second-order valence-corrected chi connectivity index (χ2v) is 8.04. The molecule has 0 aromatic rings. The maximum atomic E-state index is 6.32. The number of rotatable bonds is 5. The van der Waals surface area contributed by atoms with Crippen LogP contribution < -0.4 is 5.73 Å². The van der Waals surface area contributed by atoms with Gasteiger partial charge in [0.05, 0.1) is 0 Å². The molecule has 0 bridgehead atoms. The quantitative estimate of drug-likeness (QED) is 0.752. The molecule has 0 aliphatic heterocycles. The number of hydrogen-bond acceptors (Lipinski definition) is 2. The summed E-state index contributed by atoms with van der Waals surface area (Å²) in [5, 5.41) is 0. The van der Waals surface area contributed by atoms with Gasteiger partial charge in [0, 0.05) is 18.1 Å². The molecule has 2 saturated carbocycles. The van der Waals surface area contributed by atoms with E-state index in [2.05, 4.69) is 25.8 Å². The molecule has 0 aromatic carbocycles. The molecule has 2 nitrogen and oxygen atoms in total. The van der Waals surface area contributed by atoms with Crippen LogP contribution in [0.25, 0.3) is 0 Å². The maximum absolute atomic E-state index is 6.32. The van der Waals surface area contributed by atoms with Crippen molar-refractivity contribution < 1.29 is 0 Å². The molecule has 0 heterocycles. The lowest BCUT2D eigenvalue weighted by atomic mass is 9.81. The lowest BCUT2D eigenvalue weighted by molar-refractivity contribution is 0.0380. The normalized spacial score (nSPS) is 38.4. The predicted octanol–water partition coefficient (Wildman–Crippen LogP) is 4.57. The Morgan fingerprint density at radius 2 is 1.76 bits per heavy atom. The van der Waals surface area contributed by atoms with Crippen LogP contribution in [0.5, 0.6) is 0 Å². The van der Waals surface area contributed by atoms with Crippen LogP contribution >= 0.6 is 0 Å². The highest BCUT2D eigenvalue weighted by atomic mass is 15.2. The summed E-state index contributed by atoms with van der Waals surface area (Å²) < 4.78 is 0. The van der Waals surface area contributed by atoms with Gasteiger partial charge < -0.3 is 5.73 Å². The van der Waals surface area contributed by atoms with Gasteiger partial charge in [0.15, 0.2) is 0 Å². The molecule has 2 aliphatic carbocycles. The summed E-state index contributed by atoms with van der Waals surface area (Å²) in [5.74, 6) is 1.90. The van der Waals surface area contributed by atoms with Crippen LogP contribution in [-0.4, -0.2) is 30.1 Å². The lowest BCUT2D eigenvalue weighted by Crippen LogP contribution is -2.56. The molecule has 2 atom stereocenters. The predicted molar refractivity (Wildman–Crippen MR) is 92.5 cm³/mol. The van der Waals surface area contributed by atoms with Gasteiger partial charge in [0.25, 0.3) is 0 Å². The van der Waals surface area contributed by atoms with Crippen LogP contribution in [0.3, 0.4) is 0 Å². The third-order valence-electron chi connectivity index (χ3n) is 6.63. The summed E-state index contributed by atoms with van der Waals surface area (Å²) in [6, 6.07) is 0.785. The molecule has 2 N–H and O–H groups in total. The van der Waals surface area contributed by atoms with E-state index >= 15 is 0 Å². The zero-order chi connectivity index (χ0) is 15.3. The Morgan fingerprint density at radius 3 is 2.38 bits per heavy atom. The molecular formula is C19H38N2. The highest BCUT2D eigenvalue weighted by molar-refractivity contribution is 4.96. The van der Waals surface area contributed by atoms with E-state index in [9.17, 15) is 0 Å². The summed E-state index contributed by atoms with van der Waals surface area (Å²) in [6.07, 6.45) is 15.2. The van der Waals surface area contributed by atoms with E-state index in [0.717, 1.165) is 24.4 Å². The van der Waals surface area contributed by atoms with Crippen molar-refractivity contribution in [3.63, 3.8) is 0 Å². The first-order valence-electron chi connectivity index (χ1n) is 9.54. The fraction of sp³-hybridized carbons (Fsp3) is 1.00. The molecule has 2 fully saturated rings. The van der Waals surface area contributed by atoms with Crippen LogP contribution in [0, 0.1) is 11.8 Å². The Morgan fingerprint density at radius 1 is 1.05 bits per heavy atom. The van der Waals surface area contributed by atoms with Gasteiger partial charge in [-0.05, 0) is 63.8 Å². The largest absolute Gasteiger partial charge is 0.329 e. The van der Waals surface area contributed by atoms with E-state index in [0.29, 0.717) is 5.54 Å². The van der Waals surface area contributed by atoms with E-state index in [1.807, 2.05) is 0 Å². The van der Waals surface area contributed by atoms with E-state index in [-0.39, 0.29) is 0 Å². The molecule has 0 aromatic heterocycles. The minimum atomic E-state index is 0.299. The van der Waals surface area contributed by atoms with Crippen molar-refractivity contribution in [2.45, 2.75) is 96.1 Å². The van der Waals surface area contributed by atoms with Gasteiger partial charge >= 0.3 is 0 Å². The van der Waals surface area contributed by atoms with Crippen molar-refractivity contribution in [3.05, 3.63) is 0 Å². The van der Waals surface area contributed by atoms with Crippen molar-refractivity contribution in [2.24, 2.45) is 17.6 Å². The first-order chi connectivity index (χ1) is 10.1. The molecule has 0 spiro atoms. The zero-order valence-corrected chi connectivity index (χ0v) is 14.7. The molecular weight excluding hydrogens is 256 g/mol. The average molecular weight is 295 g/mol. The summed E-state index contributed by atoms with van der Waals surface area (Å²) in [5.41, 5.74) is 6.62. The smallest absolute Gasteiger partial charge is 0.0331 e. The number of hydrogen-bond donors (Lipinski definition) is 1. The molecule has 0 amide bonds. The van der Waals surface area contributed by atoms with Crippen molar-refractivity contribution in [1.82, 2.24) is 4.90 Å². The standard InChI is InChI=1S/C19H38N2/c1-4-6-17-7-5-13-19(15-20,14-12-17)21(3)18-10-8-16(2)9-11-18/h16-18H,4-15,20H2,1-3H3. The third kappa shape index (κ3) is 4.22. The summed E-state index contributed by atoms with van der Waals surface area (Å²) in [4.78, 5) is 2.73. The van der Waals surface area contributed by atoms with Gasteiger partial charge in [-0.2, -0.15) is 0 Å². The number of likely N-dealkylation sites (N-methyl/N-ethyl adjacent to an activating group) is 1. The van der Waals surface area contributed by atoms with Crippen LogP contribution in [-0.2, 0) is 0 Å². The fourth-order valence-corrected chi connectivity index (χ4v) is 4.88. The van der Waals surface area contributed by atoms with E-state index in [1.54, 1.807) is 0 Å². The zero-order valence-electron chi connectivity index (χ0n) is 14.7. The van der Waals surface area contributed by atoms with Crippen molar-refractivity contribution >= 4 is 0 Å². The van der Waals surface area contributed by atoms with Gasteiger partial charge in [0.1, 0.15) is 0 Å². The molecule has 2 rings (SSSR count). The number of nitrogens with zero attached hydrogens (tertiary/aromatic N) is 1. The molecule has 2 unspecified atom stereocenters. The average Bonchev–Trinajstić information content (AvgIpc) is 2.71. The van der Waals surface area contributed by atoms with Gasteiger partial charge in [0.2, 0.25) is 0 Å². The summed E-state index contributed by atoms with van der Waals surface area (Å²) in [7, 11) is 2.38. The Balaban J connectivity index is 1.99. The SMILES string of the molecule is CCCC1CCCC(CN)(N(C)C2CCC(C)CC2)CC1. The Bertz CT molecular complexity index is 296. The lowest BCUT2D eigenvalue weighted by Gasteiger charge is -2.47. The van der Waals surface area contributed by atoms with Crippen LogP contribution in [0.15, 0.2) is 0 Å². The maximum Gasteiger partial charge on any atom is 0.0331 e. The molecule has 0 radical (unpaired) electrons. The fourth-order valence-electron chi connectivity index (χ4n) is 4.88. The van der Waals surface area contributed by atoms with Gasteiger partial charge in [-0.3, -0.25) is 4.90 Å². The topological polar surface area (TPSA) is 29.3 Å². The van der Waals surface area contributed by atoms with Gasteiger partial charge in [-0.25, -0.2) is 0 Å². The molecule has 2 heteroatoms. The third-order valence-corrected chi connectivity index (χ3v) is 6.63. The summed E-state index contributed by atoms with van der Waals surface area (Å²) in [6.45, 7) is 5.60. The Kier molecular flexibility index (Phi) is 6.55. The number of nitrogens with two attached hydrogens (primary N) is 1. The molecule has 21 heavy (non-hydrogen) atoms. The first-order valence-corrected chi connectivity index (χ1v) is 9.54. The van der Waals surface area contributed by atoms with E-state index < -0.39 is 0 Å². The minimum absolute atomic E-state index is 0.299. The Labute approximate surface area is 132 Å². The van der Waals surface area contributed by atoms with E-state index in [1.165, 1.54) is 70.6 Å².